The number of rotatable bonds is 4. The number of furan rings is 1. The minimum atomic E-state index is -0.194. The standard InChI is InChI=1S/C21H14BrClN2O2S2/c1-12-3-2-4-14(9-12)24-21-25-19(26)18(29-21)11-15-10-17(22)20(27-15)28-16-7-5-13(23)6-8-16/h2-11H,1H3,(H,24,25,26)/b18-11-. The van der Waals surface area contributed by atoms with Gasteiger partial charge in [0, 0.05) is 16.0 Å². The van der Waals surface area contributed by atoms with Crippen molar-refractivity contribution in [2.45, 2.75) is 16.9 Å². The molecule has 0 saturated carbocycles. The summed E-state index contributed by atoms with van der Waals surface area (Å²) in [6.07, 6.45) is 1.72. The summed E-state index contributed by atoms with van der Waals surface area (Å²) >= 11 is 12.2. The van der Waals surface area contributed by atoms with E-state index in [0.29, 0.717) is 25.9 Å². The van der Waals surface area contributed by atoms with Crippen LogP contribution >= 0.6 is 51.1 Å². The number of nitrogens with zero attached hydrogens (tertiary/aromatic N) is 1. The number of benzene rings is 2. The van der Waals surface area contributed by atoms with Crippen molar-refractivity contribution in [1.82, 2.24) is 5.32 Å². The first-order valence-corrected chi connectivity index (χ1v) is 11.4. The molecule has 4 nitrogen and oxygen atoms in total. The largest absolute Gasteiger partial charge is 0.449 e. The molecule has 0 atom stereocenters. The lowest BCUT2D eigenvalue weighted by Gasteiger charge is -1.98. The third-order valence-corrected chi connectivity index (χ3v) is 6.87. The normalized spacial score (nSPS) is 16.6. The van der Waals surface area contributed by atoms with Crippen LogP contribution in [0.4, 0.5) is 5.69 Å². The third kappa shape index (κ3) is 5.17. The Morgan fingerprint density at radius 3 is 2.76 bits per heavy atom. The number of aryl methyl sites for hydroxylation is 1. The molecule has 0 radical (unpaired) electrons. The van der Waals surface area contributed by atoms with Crippen LogP contribution in [0.25, 0.3) is 6.08 Å². The topological polar surface area (TPSA) is 54.6 Å². The SMILES string of the molecule is Cc1cccc(N=C2NC(=O)/C(=C/c3cc(Br)c(Sc4ccc(Cl)cc4)o3)S2)c1. The molecule has 1 N–H and O–H groups in total. The summed E-state index contributed by atoms with van der Waals surface area (Å²) in [6.45, 7) is 2.00. The molecular formula is C21H14BrClN2O2S2. The summed E-state index contributed by atoms with van der Waals surface area (Å²) in [7, 11) is 0. The van der Waals surface area contributed by atoms with E-state index >= 15 is 0 Å². The van der Waals surface area contributed by atoms with Crippen molar-refractivity contribution >= 4 is 73.9 Å². The van der Waals surface area contributed by atoms with E-state index in [4.69, 9.17) is 16.0 Å². The number of nitrogens with one attached hydrogen (secondary N) is 1. The van der Waals surface area contributed by atoms with Crippen LogP contribution in [0.5, 0.6) is 0 Å². The molecule has 1 aliphatic rings. The van der Waals surface area contributed by atoms with Crippen molar-refractivity contribution in [2.24, 2.45) is 4.99 Å². The predicted octanol–water partition coefficient (Wildman–Crippen LogP) is 7.05. The minimum absolute atomic E-state index is 0.194. The van der Waals surface area contributed by atoms with Crippen molar-refractivity contribution in [3.05, 3.63) is 80.3 Å². The zero-order chi connectivity index (χ0) is 20.4. The molecule has 2 aromatic carbocycles. The number of thioether (sulfide) groups is 1. The average Bonchev–Trinajstić information content (AvgIpc) is 3.19. The highest BCUT2D eigenvalue weighted by Crippen LogP contribution is 2.38. The molecule has 146 valence electrons. The number of carbonyl (C=O) groups is 1. The van der Waals surface area contributed by atoms with Gasteiger partial charge in [-0.25, -0.2) is 4.99 Å². The van der Waals surface area contributed by atoms with Gasteiger partial charge < -0.3 is 9.73 Å². The molecule has 1 aromatic heterocycles. The maximum Gasteiger partial charge on any atom is 0.264 e. The van der Waals surface area contributed by atoms with Crippen molar-refractivity contribution < 1.29 is 9.21 Å². The molecular weight excluding hydrogens is 492 g/mol. The molecule has 0 unspecified atom stereocenters. The van der Waals surface area contributed by atoms with Crippen LogP contribution in [0.2, 0.25) is 5.02 Å². The Morgan fingerprint density at radius 2 is 2.00 bits per heavy atom. The zero-order valence-corrected chi connectivity index (χ0v) is 19.1. The summed E-state index contributed by atoms with van der Waals surface area (Å²) < 4.78 is 6.72. The van der Waals surface area contributed by atoms with Gasteiger partial charge in [-0.3, -0.25) is 4.79 Å². The molecule has 1 fully saturated rings. The van der Waals surface area contributed by atoms with Crippen molar-refractivity contribution in [2.75, 3.05) is 0 Å². The van der Waals surface area contributed by atoms with Gasteiger partial charge in [0.1, 0.15) is 5.76 Å². The van der Waals surface area contributed by atoms with Gasteiger partial charge in [0.05, 0.1) is 15.1 Å². The van der Waals surface area contributed by atoms with Crippen LogP contribution in [0.3, 0.4) is 0 Å². The van der Waals surface area contributed by atoms with E-state index in [0.717, 1.165) is 20.6 Å². The van der Waals surface area contributed by atoms with Crippen LogP contribution in [0, 0.1) is 6.92 Å². The summed E-state index contributed by atoms with van der Waals surface area (Å²) in [5.74, 6) is 0.392. The zero-order valence-electron chi connectivity index (χ0n) is 15.1. The fourth-order valence-corrected chi connectivity index (χ4v) is 4.82. The molecule has 2 heterocycles. The van der Waals surface area contributed by atoms with Crippen molar-refractivity contribution in [3.63, 3.8) is 0 Å². The molecule has 0 spiro atoms. The molecule has 1 aliphatic heterocycles. The Labute approximate surface area is 189 Å². The first kappa shape index (κ1) is 20.3. The molecule has 1 saturated heterocycles. The van der Waals surface area contributed by atoms with Crippen molar-refractivity contribution in [3.8, 4) is 0 Å². The fourth-order valence-electron chi connectivity index (χ4n) is 2.54. The lowest BCUT2D eigenvalue weighted by molar-refractivity contribution is -0.115. The Morgan fingerprint density at radius 1 is 1.21 bits per heavy atom. The summed E-state index contributed by atoms with van der Waals surface area (Å²) in [6, 6.07) is 17.2. The Kier molecular flexibility index (Phi) is 6.20. The molecule has 8 heteroatoms. The maximum absolute atomic E-state index is 12.3. The predicted molar refractivity (Wildman–Crippen MR) is 124 cm³/mol. The molecule has 0 bridgehead atoms. The molecule has 4 rings (SSSR count). The minimum Gasteiger partial charge on any atom is -0.449 e. The van der Waals surface area contributed by atoms with Crippen LogP contribution in [0.1, 0.15) is 11.3 Å². The van der Waals surface area contributed by atoms with Gasteiger partial charge in [-0.2, -0.15) is 0 Å². The fraction of sp³-hybridized carbons (Fsp3) is 0.0476. The summed E-state index contributed by atoms with van der Waals surface area (Å²) in [5.41, 5.74) is 1.92. The quantitative estimate of drug-likeness (QED) is 0.386. The third-order valence-electron chi connectivity index (χ3n) is 3.86. The van der Waals surface area contributed by atoms with Crippen LogP contribution in [-0.2, 0) is 4.79 Å². The van der Waals surface area contributed by atoms with Gasteiger partial charge in [0.2, 0.25) is 0 Å². The molecule has 1 amide bonds. The van der Waals surface area contributed by atoms with Gasteiger partial charge in [0.25, 0.3) is 5.91 Å². The number of hydrogen-bond donors (Lipinski definition) is 1. The lowest BCUT2D eigenvalue weighted by Crippen LogP contribution is -2.19. The van der Waals surface area contributed by atoms with Gasteiger partial charge in [-0.15, -0.1) is 0 Å². The monoisotopic (exact) mass is 504 g/mol. The highest BCUT2D eigenvalue weighted by Gasteiger charge is 2.24. The Bertz CT molecular complexity index is 1140. The number of aliphatic imine (C=N–C) groups is 1. The van der Waals surface area contributed by atoms with E-state index < -0.39 is 0 Å². The van der Waals surface area contributed by atoms with Gasteiger partial charge in [-0.05, 0) is 82.6 Å². The van der Waals surface area contributed by atoms with E-state index in [9.17, 15) is 4.79 Å². The Hall–Kier alpha value is -1.93. The van der Waals surface area contributed by atoms with Crippen LogP contribution in [-0.4, -0.2) is 11.1 Å². The van der Waals surface area contributed by atoms with E-state index in [1.807, 2.05) is 61.5 Å². The number of amides is 1. The van der Waals surface area contributed by atoms with E-state index in [1.54, 1.807) is 6.08 Å². The highest BCUT2D eigenvalue weighted by atomic mass is 79.9. The Balaban J connectivity index is 1.52. The lowest BCUT2D eigenvalue weighted by atomic mass is 10.2. The average molecular weight is 506 g/mol. The molecule has 29 heavy (non-hydrogen) atoms. The smallest absolute Gasteiger partial charge is 0.264 e. The van der Waals surface area contributed by atoms with Gasteiger partial charge in [0.15, 0.2) is 10.3 Å². The first-order chi connectivity index (χ1) is 14.0. The molecule has 3 aromatic rings. The van der Waals surface area contributed by atoms with Crippen LogP contribution in [0.15, 0.2) is 83.4 Å². The summed E-state index contributed by atoms with van der Waals surface area (Å²) in [4.78, 5) is 18.3. The van der Waals surface area contributed by atoms with E-state index in [-0.39, 0.29) is 5.91 Å². The van der Waals surface area contributed by atoms with Gasteiger partial charge >= 0.3 is 0 Å². The van der Waals surface area contributed by atoms with Gasteiger partial charge in [-0.1, -0.05) is 35.5 Å². The second kappa shape index (κ2) is 8.83. The highest BCUT2D eigenvalue weighted by molar-refractivity contribution is 9.10. The maximum atomic E-state index is 12.3. The number of halogens is 2. The number of hydrogen-bond acceptors (Lipinski definition) is 5. The van der Waals surface area contributed by atoms with Crippen molar-refractivity contribution in [1.29, 1.82) is 0 Å². The second-order valence-corrected chi connectivity index (χ2v) is 9.53. The summed E-state index contributed by atoms with van der Waals surface area (Å²) in [5, 5.41) is 4.73. The number of carbonyl (C=O) groups excluding carboxylic acids is 1. The van der Waals surface area contributed by atoms with Crippen LogP contribution < -0.4 is 5.32 Å². The second-order valence-electron chi connectivity index (χ2n) is 6.16. The van der Waals surface area contributed by atoms with E-state index in [1.165, 1.54) is 23.5 Å². The first-order valence-electron chi connectivity index (χ1n) is 8.55. The molecule has 0 aliphatic carbocycles. The van der Waals surface area contributed by atoms with E-state index in [2.05, 4.69) is 26.2 Å². The number of amidine groups is 1.